The molecule has 8 nitrogen and oxygen atoms in total. The maximum atomic E-state index is 12.1. The molecular formula is C16H19N3O5S. The SMILES string of the molecule is Cc1sc(-c2ccco2)nc1C(=O)OCC(=O)NC(=O)NCC(C)C. The Kier molecular flexibility index (Phi) is 6.29. The topological polar surface area (TPSA) is 111 Å². The number of aromatic nitrogens is 1. The number of nitrogens with one attached hydrogen (secondary N) is 2. The van der Waals surface area contributed by atoms with Crippen LogP contribution in [0.5, 0.6) is 0 Å². The van der Waals surface area contributed by atoms with Crippen LogP contribution in [-0.2, 0) is 9.53 Å². The van der Waals surface area contributed by atoms with Gasteiger partial charge in [-0.3, -0.25) is 10.1 Å². The zero-order valence-corrected chi connectivity index (χ0v) is 14.9. The van der Waals surface area contributed by atoms with Gasteiger partial charge in [-0.2, -0.15) is 0 Å². The van der Waals surface area contributed by atoms with E-state index in [4.69, 9.17) is 9.15 Å². The summed E-state index contributed by atoms with van der Waals surface area (Å²) in [7, 11) is 0. The summed E-state index contributed by atoms with van der Waals surface area (Å²) in [6.07, 6.45) is 1.51. The van der Waals surface area contributed by atoms with Crippen LogP contribution in [0.1, 0.15) is 29.2 Å². The largest absolute Gasteiger partial charge is 0.462 e. The van der Waals surface area contributed by atoms with Crippen molar-refractivity contribution in [1.82, 2.24) is 15.6 Å². The third kappa shape index (κ3) is 5.42. The minimum atomic E-state index is -0.732. The molecule has 0 aliphatic carbocycles. The molecule has 0 aromatic carbocycles. The molecule has 0 spiro atoms. The lowest BCUT2D eigenvalue weighted by Crippen LogP contribution is -2.42. The summed E-state index contributed by atoms with van der Waals surface area (Å²) in [6, 6.07) is 2.83. The maximum absolute atomic E-state index is 12.1. The fraction of sp³-hybridized carbons (Fsp3) is 0.375. The van der Waals surface area contributed by atoms with Crippen molar-refractivity contribution in [2.45, 2.75) is 20.8 Å². The lowest BCUT2D eigenvalue weighted by Gasteiger charge is -2.08. The van der Waals surface area contributed by atoms with Crippen LogP contribution in [0.15, 0.2) is 22.8 Å². The fourth-order valence-corrected chi connectivity index (χ4v) is 2.66. The van der Waals surface area contributed by atoms with Crippen molar-refractivity contribution in [3.05, 3.63) is 29.0 Å². The number of rotatable bonds is 6. The highest BCUT2D eigenvalue weighted by Gasteiger charge is 2.20. The van der Waals surface area contributed by atoms with Crippen molar-refractivity contribution in [2.75, 3.05) is 13.2 Å². The molecule has 0 fully saturated rings. The Morgan fingerprint density at radius 3 is 2.76 bits per heavy atom. The van der Waals surface area contributed by atoms with Gasteiger partial charge in [0.2, 0.25) is 0 Å². The Hall–Kier alpha value is -2.68. The molecule has 2 N–H and O–H groups in total. The average Bonchev–Trinajstić information content (AvgIpc) is 3.20. The lowest BCUT2D eigenvalue weighted by molar-refractivity contribution is -0.123. The minimum absolute atomic E-state index is 0.119. The molecular weight excluding hydrogens is 346 g/mol. The van der Waals surface area contributed by atoms with E-state index >= 15 is 0 Å². The number of ether oxygens (including phenoxy) is 1. The molecule has 2 aromatic rings. The predicted molar refractivity (Wildman–Crippen MR) is 91.2 cm³/mol. The van der Waals surface area contributed by atoms with Gasteiger partial charge >= 0.3 is 12.0 Å². The first-order chi connectivity index (χ1) is 11.9. The molecule has 3 amide bonds. The second-order valence-electron chi connectivity index (χ2n) is 5.63. The van der Waals surface area contributed by atoms with Crippen LogP contribution in [0.3, 0.4) is 0 Å². The third-order valence-corrected chi connectivity index (χ3v) is 3.97. The maximum Gasteiger partial charge on any atom is 0.358 e. The number of hydrogen-bond donors (Lipinski definition) is 2. The number of thiazole rings is 1. The van der Waals surface area contributed by atoms with Gasteiger partial charge in [-0.05, 0) is 25.0 Å². The average molecular weight is 365 g/mol. The number of aryl methyl sites for hydroxylation is 1. The second kappa shape index (κ2) is 8.43. The number of hydrogen-bond acceptors (Lipinski definition) is 7. The molecule has 0 unspecified atom stereocenters. The molecule has 0 saturated carbocycles. The number of furan rings is 1. The summed E-state index contributed by atoms with van der Waals surface area (Å²) in [5.74, 6) is -0.639. The molecule has 0 aliphatic heterocycles. The first-order valence-corrected chi connectivity index (χ1v) is 8.44. The van der Waals surface area contributed by atoms with Gasteiger partial charge in [-0.1, -0.05) is 13.8 Å². The van der Waals surface area contributed by atoms with Crippen molar-refractivity contribution in [3.63, 3.8) is 0 Å². The first kappa shape index (κ1) is 18.7. The second-order valence-corrected chi connectivity index (χ2v) is 6.83. The molecule has 2 rings (SSSR count). The Labute approximate surface area is 148 Å². The summed E-state index contributed by atoms with van der Waals surface area (Å²) in [6.45, 7) is 5.45. The van der Waals surface area contributed by atoms with E-state index in [1.807, 2.05) is 13.8 Å². The van der Waals surface area contributed by atoms with Crippen LogP contribution >= 0.6 is 11.3 Å². The Morgan fingerprint density at radius 1 is 1.36 bits per heavy atom. The highest BCUT2D eigenvalue weighted by atomic mass is 32.1. The number of amides is 3. The van der Waals surface area contributed by atoms with Crippen LogP contribution in [-0.4, -0.2) is 36.0 Å². The van der Waals surface area contributed by atoms with Crippen molar-refractivity contribution < 1.29 is 23.5 Å². The molecule has 0 aliphatic rings. The molecule has 0 bridgehead atoms. The first-order valence-electron chi connectivity index (χ1n) is 7.63. The quantitative estimate of drug-likeness (QED) is 0.760. The number of esters is 1. The van der Waals surface area contributed by atoms with Gasteiger partial charge in [-0.25, -0.2) is 14.6 Å². The van der Waals surface area contributed by atoms with E-state index in [2.05, 4.69) is 15.6 Å². The number of carbonyl (C=O) groups is 3. The predicted octanol–water partition coefficient (Wildman–Crippen LogP) is 2.35. The zero-order chi connectivity index (χ0) is 18.4. The van der Waals surface area contributed by atoms with Gasteiger partial charge in [0, 0.05) is 11.4 Å². The third-order valence-electron chi connectivity index (χ3n) is 2.98. The smallest absolute Gasteiger partial charge is 0.358 e. The number of urea groups is 1. The number of nitrogens with zero attached hydrogens (tertiary/aromatic N) is 1. The number of imide groups is 1. The van der Waals surface area contributed by atoms with Crippen LogP contribution < -0.4 is 10.6 Å². The van der Waals surface area contributed by atoms with E-state index in [1.165, 1.54) is 17.6 Å². The molecule has 9 heteroatoms. The van der Waals surface area contributed by atoms with Crippen molar-refractivity contribution in [2.24, 2.45) is 5.92 Å². The van der Waals surface area contributed by atoms with Crippen LogP contribution in [0.4, 0.5) is 4.79 Å². The Morgan fingerprint density at radius 2 is 2.12 bits per heavy atom. The van der Waals surface area contributed by atoms with Crippen molar-refractivity contribution >= 4 is 29.2 Å². The van der Waals surface area contributed by atoms with Gasteiger partial charge in [-0.15, -0.1) is 11.3 Å². The molecule has 2 aromatic heterocycles. The molecule has 0 radical (unpaired) electrons. The summed E-state index contributed by atoms with van der Waals surface area (Å²) in [5, 5.41) is 5.16. The Bertz CT molecular complexity index is 752. The summed E-state index contributed by atoms with van der Waals surface area (Å²) in [4.78, 5) is 40.0. The summed E-state index contributed by atoms with van der Waals surface area (Å²) in [5.41, 5.74) is 0.119. The van der Waals surface area contributed by atoms with Crippen molar-refractivity contribution in [1.29, 1.82) is 0 Å². The molecule has 2 heterocycles. The molecule has 134 valence electrons. The van der Waals surface area contributed by atoms with Gasteiger partial charge in [0.25, 0.3) is 5.91 Å². The number of carbonyl (C=O) groups excluding carboxylic acids is 3. The lowest BCUT2D eigenvalue weighted by atomic mass is 10.2. The summed E-state index contributed by atoms with van der Waals surface area (Å²) < 4.78 is 10.1. The summed E-state index contributed by atoms with van der Waals surface area (Å²) >= 11 is 1.28. The van der Waals surface area contributed by atoms with Gasteiger partial charge in [0.15, 0.2) is 23.1 Å². The van der Waals surface area contributed by atoms with Gasteiger partial charge in [0.05, 0.1) is 6.26 Å². The monoisotopic (exact) mass is 365 g/mol. The minimum Gasteiger partial charge on any atom is -0.462 e. The zero-order valence-electron chi connectivity index (χ0n) is 14.1. The highest BCUT2D eigenvalue weighted by Crippen LogP contribution is 2.28. The van der Waals surface area contributed by atoms with Crippen molar-refractivity contribution in [3.8, 4) is 10.8 Å². The van der Waals surface area contributed by atoms with Crippen LogP contribution in [0.25, 0.3) is 10.8 Å². The van der Waals surface area contributed by atoms with E-state index in [0.29, 0.717) is 22.2 Å². The van der Waals surface area contributed by atoms with Crippen LogP contribution in [0, 0.1) is 12.8 Å². The van der Waals surface area contributed by atoms with E-state index in [0.717, 1.165) is 0 Å². The normalized spacial score (nSPS) is 10.6. The van der Waals surface area contributed by atoms with Gasteiger partial charge < -0.3 is 14.5 Å². The Balaban J connectivity index is 1.86. The van der Waals surface area contributed by atoms with Crippen LogP contribution in [0.2, 0.25) is 0 Å². The molecule has 0 atom stereocenters. The van der Waals surface area contributed by atoms with E-state index in [1.54, 1.807) is 19.1 Å². The highest BCUT2D eigenvalue weighted by molar-refractivity contribution is 7.15. The fourth-order valence-electron chi connectivity index (χ4n) is 1.79. The molecule has 25 heavy (non-hydrogen) atoms. The van der Waals surface area contributed by atoms with E-state index in [9.17, 15) is 14.4 Å². The van der Waals surface area contributed by atoms with E-state index < -0.39 is 24.5 Å². The standard InChI is InChI=1S/C16H19N3O5S/c1-9(2)7-17-16(22)18-12(20)8-24-15(21)13-10(3)25-14(19-13)11-5-4-6-23-11/h4-6,9H,7-8H2,1-3H3,(H2,17,18,20,22). The van der Waals surface area contributed by atoms with E-state index in [-0.39, 0.29) is 11.6 Å². The molecule has 0 saturated heterocycles. The van der Waals surface area contributed by atoms with Gasteiger partial charge in [0.1, 0.15) is 0 Å².